The molecule has 1 aliphatic rings. The van der Waals surface area contributed by atoms with Gasteiger partial charge in [-0.05, 0) is 6.42 Å². The lowest BCUT2D eigenvalue weighted by molar-refractivity contribution is -0.301. The maximum Gasteiger partial charge on any atom is 0.397 e. The first-order valence-electron chi connectivity index (χ1n) is 13.7. The van der Waals surface area contributed by atoms with Crippen LogP contribution in [0, 0.1) is 0 Å². The van der Waals surface area contributed by atoms with Gasteiger partial charge >= 0.3 is 16.4 Å². The minimum atomic E-state index is -5.03. The summed E-state index contributed by atoms with van der Waals surface area (Å²) in [5.41, 5.74) is 0. The topological polar surface area (TPSA) is 178 Å². The second kappa shape index (κ2) is 20.0. The Bertz CT molecular complexity index is 719. The van der Waals surface area contributed by atoms with Crippen LogP contribution in [-0.4, -0.2) is 97.5 Å². The van der Waals surface area contributed by atoms with E-state index in [1.807, 2.05) is 0 Å². The van der Waals surface area contributed by atoms with Crippen LogP contribution in [0.25, 0.3) is 0 Å². The summed E-state index contributed by atoms with van der Waals surface area (Å²) in [4.78, 5) is 11.5. The van der Waals surface area contributed by atoms with Crippen molar-refractivity contribution in [1.82, 2.24) is 0 Å². The smallest absolute Gasteiger partial charge is 0.397 e. The van der Waals surface area contributed by atoms with E-state index in [4.69, 9.17) is 23.5 Å². The van der Waals surface area contributed by atoms with E-state index in [1.165, 1.54) is 64.7 Å². The van der Waals surface area contributed by atoms with Crippen LogP contribution in [-0.2, 0) is 38.3 Å². The van der Waals surface area contributed by atoms with Gasteiger partial charge in [0.1, 0.15) is 30.5 Å². The SMILES string of the molecule is CCCCCCCCCCCCCCOCC(COC1OC(CO)C(O)C(OS(=O)(=O)O)C1O)OC(C)=O. The van der Waals surface area contributed by atoms with E-state index in [0.717, 1.165) is 19.3 Å². The summed E-state index contributed by atoms with van der Waals surface area (Å²) in [6.45, 7) is 2.92. The molecule has 1 aliphatic heterocycles. The number of aliphatic hydroxyl groups excluding tert-OH is 3. The Morgan fingerprint density at radius 1 is 0.895 bits per heavy atom. The highest BCUT2D eigenvalue weighted by atomic mass is 32.3. The molecular weight excluding hydrogens is 524 g/mol. The fourth-order valence-electron chi connectivity index (χ4n) is 4.26. The highest BCUT2D eigenvalue weighted by Gasteiger charge is 2.47. The molecule has 0 spiro atoms. The first kappa shape index (κ1) is 35.1. The standard InChI is InChI=1S/C25H48O12S/c1-3-4-5-6-7-8-9-10-11-12-13-14-15-33-17-20(35-19(2)27)18-34-25-23(29)24(37-38(30,31)32)22(28)21(16-26)36-25/h20-26,28-29H,3-18H2,1-2H3,(H,30,31,32). The van der Waals surface area contributed by atoms with Crippen LogP contribution in [0.4, 0.5) is 0 Å². The number of hydrogen-bond acceptors (Lipinski definition) is 11. The minimum absolute atomic E-state index is 0.0252. The first-order chi connectivity index (χ1) is 18.1. The Balaban J connectivity index is 2.33. The maximum absolute atomic E-state index is 11.5. The fourth-order valence-corrected chi connectivity index (χ4v) is 4.77. The second-order valence-electron chi connectivity index (χ2n) is 9.72. The van der Waals surface area contributed by atoms with E-state index in [9.17, 15) is 28.5 Å². The maximum atomic E-state index is 11.5. The number of esters is 1. The Hall–Kier alpha value is -0.900. The number of ether oxygens (including phenoxy) is 4. The fraction of sp³-hybridized carbons (Fsp3) is 0.960. The zero-order chi connectivity index (χ0) is 28.4. The van der Waals surface area contributed by atoms with Crippen LogP contribution in [0.15, 0.2) is 0 Å². The van der Waals surface area contributed by atoms with Gasteiger partial charge in [-0.1, -0.05) is 77.6 Å². The van der Waals surface area contributed by atoms with E-state index in [1.54, 1.807) is 0 Å². The molecule has 0 amide bonds. The normalized spacial score (nSPS) is 24.8. The molecule has 0 aromatic heterocycles. The molecule has 0 saturated carbocycles. The summed E-state index contributed by atoms with van der Waals surface area (Å²) < 4.78 is 57.0. The summed E-state index contributed by atoms with van der Waals surface area (Å²) >= 11 is 0. The molecular formula is C25H48O12S. The summed E-state index contributed by atoms with van der Waals surface area (Å²) in [5, 5.41) is 29.8. The summed E-state index contributed by atoms with van der Waals surface area (Å²) in [7, 11) is -5.03. The van der Waals surface area contributed by atoms with Crippen molar-refractivity contribution in [2.75, 3.05) is 26.4 Å². The van der Waals surface area contributed by atoms with E-state index >= 15 is 0 Å². The van der Waals surface area contributed by atoms with Gasteiger partial charge in [-0.3, -0.25) is 9.35 Å². The van der Waals surface area contributed by atoms with Crippen molar-refractivity contribution in [1.29, 1.82) is 0 Å². The van der Waals surface area contributed by atoms with Crippen molar-refractivity contribution in [3.8, 4) is 0 Å². The molecule has 0 aromatic rings. The summed E-state index contributed by atoms with van der Waals surface area (Å²) in [5.74, 6) is -0.575. The molecule has 1 heterocycles. The molecule has 226 valence electrons. The summed E-state index contributed by atoms with van der Waals surface area (Å²) in [6, 6.07) is 0. The van der Waals surface area contributed by atoms with Crippen molar-refractivity contribution in [3.05, 3.63) is 0 Å². The van der Waals surface area contributed by atoms with Gasteiger partial charge in [-0.15, -0.1) is 0 Å². The lowest BCUT2D eigenvalue weighted by Gasteiger charge is -2.41. The van der Waals surface area contributed by atoms with Gasteiger partial charge in [0.2, 0.25) is 0 Å². The molecule has 13 heteroatoms. The molecule has 1 fully saturated rings. The molecule has 0 radical (unpaired) electrons. The number of aliphatic hydroxyl groups is 3. The first-order valence-corrected chi connectivity index (χ1v) is 15.1. The van der Waals surface area contributed by atoms with Crippen molar-refractivity contribution in [2.45, 2.75) is 128 Å². The zero-order valence-electron chi connectivity index (χ0n) is 22.7. The lowest BCUT2D eigenvalue weighted by Crippen LogP contribution is -2.60. The van der Waals surface area contributed by atoms with Gasteiger partial charge in [0.15, 0.2) is 6.29 Å². The van der Waals surface area contributed by atoms with Gasteiger partial charge in [-0.2, -0.15) is 8.42 Å². The van der Waals surface area contributed by atoms with Gasteiger partial charge in [0.05, 0.1) is 19.8 Å². The van der Waals surface area contributed by atoms with E-state index in [2.05, 4.69) is 11.1 Å². The third-order valence-electron chi connectivity index (χ3n) is 6.28. The molecule has 6 unspecified atom stereocenters. The quantitative estimate of drug-likeness (QED) is 0.0846. The lowest BCUT2D eigenvalue weighted by atomic mass is 9.99. The van der Waals surface area contributed by atoms with Crippen LogP contribution in [0.5, 0.6) is 0 Å². The highest BCUT2D eigenvalue weighted by Crippen LogP contribution is 2.25. The van der Waals surface area contributed by atoms with Crippen LogP contribution in [0.2, 0.25) is 0 Å². The summed E-state index contributed by atoms with van der Waals surface area (Å²) in [6.07, 6.45) is 5.50. The predicted molar refractivity (Wildman–Crippen MR) is 138 cm³/mol. The van der Waals surface area contributed by atoms with Crippen molar-refractivity contribution in [2.24, 2.45) is 0 Å². The third kappa shape index (κ3) is 15.6. The third-order valence-corrected chi connectivity index (χ3v) is 6.74. The van der Waals surface area contributed by atoms with E-state index in [0.29, 0.717) is 6.61 Å². The van der Waals surface area contributed by atoms with Crippen molar-refractivity contribution < 1.29 is 56.2 Å². The molecule has 0 aliphatic carbocycles. The van der Waals surface area contributed by atoms with Crippen LogP contribution >= 0.6 is 0 Å². The number of carbonyl (C=O) groups is 1. The molecule has 1 rings (SSSR count). The number of carbonyl (C=O) groups excluding carboxylic acids is 1. The second-order valence-corrected chi connectivity index (χ2v) is 10.8. The van der Waals surface area contributed by atoms with E-state index < -0.39 is 59.8 Å². The molecule has 1 saturated heterocycles. The van der Waals surface area contributed by atoms with Crippen molar-refractivity contribution in [3.63, 3.8) is 0 Å². The number of rotatable bonds is 22. The van der Waals surface area contributed by atoms with E-state index in [-0.39, 0.29) is 13.2 Å². The predicted octanol–water partition coefficient (Wildman–Crippen LogP) is 2.28. The van der Waals surface area contributed by atoms with Gasteiger partial charge in [0.25, 0.3) is 0 Å². The molecule has 4 N–H and O–H groups in total. The Morgan fingerprint density at radius 2 is 1.45 bits per heavy atom. The zero-order valence-corrected chi connectivity index (χ0v) is 23.6. The molecule has 0 bridgehead atoms. The highest BCUT2D eigenvalue weighted by molar-refractivity contribution is 7.80. The van der Waals surface area contributed by atoms with Crippen LogP contribution < -0.4 is 0 Å². The van der Waals surface area contributed by atoms with Crippen molar-refractivity contribution >= 4 is 16.4 Å². The average molecular weight is 573 g/mol. The largest absolute Gasteiger partial charge is 0.458 e. The molecule has 6 atom stereocenters. The molecule has 12 nitrogen and oxygen atoms in total. The monoisotopic (exact) mass is 572 g/mol. The molecule has 0 aromatic carbocycles. The Labute approximate surface area is 226 Å². The average Bonchev–Trinajstić information content (AvgIpc) is 2.85. The van der Waals surface area contributed by atoms with Gasteiger partial charge < -0.3 is 34.3 Å². The van der Waals surface area contributed by atoms with Gasteiger partial charge in [0, 0.05) is 13.5 Å². The molecule has 38 heavy (non-hydrogen) atoms. The Kier molecular flexibility index (Phi) is 18.5. The Morgan fingerprint density at radius 3 is 1.95 bits per heavy atom. The number of hydrogen-bond donors (Lipinski definition) is 4. The van der Waals surface area contributed by atoms with Crippen LogP contribution in [0.1, 0.15) is 90.9 Å². The number of unbranched alkanes of at least 4 members (excludes halogenated alkanes) is 11. The minimum Gasteiger partial charge on any atom is -0.458 e. The van der Waals surface area contributed by atoms with Gasteiger partial charge in [-0.25, -0.2) is 4.18 Å². The van der Waals surface area contributed by atoms with Crippen LogP contribution in [0.3, 0.4) is 0 Å².